The summed E-state index contributed by atoms with van der Waals surface area (Å²) in [4.78, 5) is 15.1. The monoisotopic (exact) mass is 266 g/mol. The van der Waals surface area contributed by atoms with E-state index in [1.165, 1.54) is 6.26 Å². The smallest absolute Gasteiger partial charge is 0.306 e. The minimum atomic E-state index is -0.423. The Morgan fingerprint density at radius 1 is 1.05 bits per heavy atom. The number of furan rings is 1. The molecular weight excluding hydrogens is 256 g/mol. The highest BCUT2D eigenvalue weighted by Crippen LogP contribution is 2.36. The molecule has 0 N–H and O–H groups in total. The van der Waals surface area contributed by atoms with Crippen molar-refractivity contribution in [1.29, 1.82) is 0 Å². The fourth-order valence-electron chi connectivity index (χ4n) is 2.08. The summed E-state index contributed by atoms with van der Waals surface area (Å²) in [7, 11) is 0. The Bertz CT molecular complexity index is 737. The lowest BCUT2D eigenvalue weighted by Gasteiger charge is -2.05. The molecule has 0 spiro atoms. The van der Waals surface area contributed by atoms with E-state index in [2.05, 4.69) is 4.98 Å². The Hall–Kier alpha value is -2.95. The molecule has 0 amide bonds. The third kappa shape index (κ3) is 2.05. The first-order chi connectivity index (χ1) is 9.77. The molecule has 0 saturated carbocycles. The summed E-state index contributed by atoms with van der Waals surface area (Å²) in [5.74, 6) is 0.384. The molecule has 0 aliphatic heterocycles. The van der Waals surface area contributed by atoms with E-state index in [0.717, 1.165) is 5.56 Å². The number of nitro groups is 1. The van der Waals surface area contributed by atoms with Gasteiger partial charge >= 0.3 is 5.69 Å². The van der Waals surface area contributed by atoms with Gasteiger partial charge in [-0.05, 0) is 23.8 Å². The highest BCUT2D eigenvalue weighted by atomic mass is 16.6. The van der Waals surface area contributed by atoms with E-state index in [4.69, 9.17) is 4.42 Å². The average Bonchev–Trinajstić information content (AvgIpc) is 3.01. The Labute approximate surface area is 114 Å². The van der Waals surface area contributed by atoms with Crippen molar-refractivity contribution in [2.24, 2.45) is 0 Å². The summed E-state index contributed by atoms with van der Waals surface area (Å²) in [5.41, 5.74) is 1.49. The van der Waals surface area contributed by atoms with Crippen LogP contribution in [-0.2, 0) is 0 Å². The normalized spacial score (nSPS) is 10.4. The molecule has 0 radical (unpaired) electrons. The lowest BCUT2D eigenvalue weighted by atomic mass is 10.0. The fraction of sp³-hybridized carbons (Fsp3) is 0. The van der Waals surface area contributed by atoms with Crippen molar-refractivity contribution in [1.82, 2.24) is 4.98 Å². The second kappa shape index (κ2) is 4.97. The summed E-state index contributed by atoms with van der Waals surface area (Å²) in [6, 6.07) is 14.2. The van der Waals surface area contributed by atoms with Gasteiger partial charge in [0.05, 0.1) is 16.7 Å². The third-order valence-electron chi connectivity index (χ3n) is 2.95. The largest absolute Gasteiger partial charge is 0.462 e. The van der Waals surface area contributed by atoms with Gasteiger partial charge in [-0.2, -0.15) is 0 Å². The number of hydrogen-bond donors (Lipinski definition) is 0. The molecule has 0 unspecified atom stereocenters. The zero-order valence-electron chi connectivity index (χ0n) is 10.4. The minimum Gasteiger partial charge on any atom is -0.462 e. The molecular formula is C15H10N2O3. The summed E-state index contributed by atoms with van der Waals surface area (Å²) in [6.45, 7) is 0. The first-order valence-corrected chi connectivity index (χ1v) is 6.00. The molecule has 5 heteroatoms. The van der Waals surface area contributed by atoms with E-state index in [0.29, 0.717) is 11.3 Å². The first kappa shape index (κ1) is 12.1. The lowest BCUT2D eigenvalue weighted by molar-refractivity contribution is -0.383. The van der Waals surface area contributed by atoms with Gasteiger partial charge in [-0.3, -0.25) is 10.1 Å². The van der Waals surface area contributed by atoms with E-state index < -0.39 is 4.92 Å². The van der Waals surface area contributed by atoms with Gasteiger partial charge in [-0.1, -0.05) is 30.3 Å². The van der Waals surface area contributed by atoms with Gasteiger partial charge < -0.3 is 4.42 Å². The SMILES string of the molecule is O=[N+]([O-])c1c(-c2ccccc2)ccnc1-c1ccco1. The molecule has 1 aromatic carbocycles. The summed E-state index contributed by atoms with van der Waals surface area (Å²) in [6.07, 6.45) is 3.02. The molecule has 0 saturated heterocycles. The molecule has 0 atom stereocenters. The summed E-state index contributed by atoms with van der Waals surface area (Å²) < 4.78 is 5.23. The van der Waals surface area contributed by atoms with Gasteiger partial charge in [0.2, 0.25) is 0 Å². The molecule has 98 valence electrons. The highest BCUT2D eigenvalue weighted by Gasteiger charge is 2.24. The number of benzene rings is 1. The van der Waals surface area contributed by atoms with Gasteiger partial charge in [0.15, 0.2) is 11.5 Å². The van der Waals surface area contributed by atoms with Crippen molar-refractivity contribution in [3.05, 3.63) is 71.1 Å². The second-order valence-electron chi connectivity index (χ2n) is 4.16. The van der Waals surface area contributed by atoms with E-state index in [1.807, 2.05) is 30.3 Å². The van der Waals surface area contributed by atoms with Crippen LogP contribution in [0, 0.1) is 10.1 Å². The molecule has 0 aliphatic rings. The van der Waals surface area contributed by atoms with Crippen LogP contribution in [0.4, 0.5) is 5.69 Å². The molecule has 5 nitrogen and oxygen atoms in total. The molecule has 2 heterocycles. The fourth-order valence-corrected chi connectivity index (χ4v) is 2.08. The Kier molecular flexibility index (Phi) is 3.01. The number of nitrogens with zero attached hydrogens (tertiary/aromatic N) is 2. The van der Waals surface area contributed by atoms with E-state index in [-0.39, 0.29) is 11.4 Å². The van der Waals surface area contributed by atoms with Crippen molar-refractivity contribution in [2.45, 2.75) is 0 Å². The van der Waals surface area contributed by atoms with E-state index >= 15 is 0 Å². The number of aromatic nitrogens is 1. The Morgan fingerprint density at radius 2 is 1.85 bits per heavy atom. The quantitative estimate of drug-likeness (QED) is 0.532. The third-order valence-corrected chi connectivity index (χ3v) is 2.95. The first-order valence-electron chi connectivity index (χ1n) is 6.00. The highest BCUT2D eigenvalue weighted by molar-refractivity contribution is 5.81. The van der Waals surface area contributed by atoms with Crippen molar-refractivity contribution >= 4 is 5.69 Å². The standard InChI is InChI=1S/C15H10N2O3/c18-17(19)15-12(11-5-2-1-3-6-11)8-9-16-14(15)13-7-4-10-20-13/h1-10H. The maximum atomic E-state index is 11.4. The van der Waals surface area contributed by atoms with Crippen LogP contribution in [0.1, 0.15) is 0 Å². The molecule has 3 aromatic rings. The zero-order chi connectivity index (χ0) is 13.9. The summed E-state index contributed by atoms with van der Waals surface area (Å²) in [5, 5.41) is 11.4. The van der Waals surface area contributed by atoms with Crippen LogP contribution in [0.3, 0.4) is 0 Å². The van der Waals surface area contributed by atoms with Crippen LogP contribution in [-0.4, -0.2) is 9.91 Å². The van der Waals surface area contributed by atoms with Crippen molar-refractivity contribution < 1.29 is 9.34 Å². The van der Waals surface area contributed by atoms with Crippen LogP contribution < -0.4 is 0 Å². The van der Waals surface area contributed by atoms with E-state index in [9.17, 15) is 10.1 Å². The maximum absolute atomic E-state index is 11.4. The van der Waals surface area contributed by atoms with Gasteiger partial charge in [-0.15, -0.1) is 0 Å². The van der Waals surface area contributed by atoms with Crippen molar-refractivity contribution in [3.8, 4) is 22.6 Å². The Morgan fingerprint density at radius 3 is 2.50 bits per heavy atom. The van der Waals surface area contributed by atoms with Gasteiger partial charge in [0.1, 0.15) is 0 Å². The van der Waals surface area contributed by atoms with Crippen molar-refractivity contribution in [3.63, 3.8) is 0 Å². The number of rotatable bonds is 3. The zero-order valence-corrected chi connectivity index (χ0v) is 10.4. The van der Waals surface area contributed by atoms with Crippen LogP contribution in [0.25, 0.3) is 22.6 Å². The molecule has 0 bridgehead atoms. The average molecular weight is 266 g/mol. The molecule has 0 aliphatic carbocycles. The van der Waals surface area contributed by atoms with Crippen LogP contribution >= 0.6 is 0 Å². The molecule has 2 aromatic heterocycles. The predicted molar refractivity (Wildman–Crippen MR) is 74.0 cm³/mol. The van der Waals surface area contributed by atoms with Gasteiger partial charge in [-0.25, -0.2) is 4.98 Å². The topological polar surface area (TPSA) is 69.2 Å². The van der Waals surface area contributed by atoms with Gasteiger partial charge in [0.25, 0.3) is 0 Å². The maximum Gasteiger partial charge on any atom is 0.306 e. The number of hydrogen-bond acceptors (Lipinski definition) is 4. The van der Waals surface area contributed by atoms with E-state index in [1.54, 1.807) is 24.4 Å². The van der Waals surface area contributed by atoms with Crippen LogP contribution in [0.15, 0.2) is 65.4 Å². The van der Waals surface area contributed by atoms with Crippen LogP contribution in [0.2, 0.25) is 0 Å². The second-order valence-corrected chi connectivity index (χ2v) is 4.16. The number of pyridine rings is 1. The molecule has 3 rings (SSSR count). The van der Waals surface area contributed by atoms with Gasteiger partial charge in [0, 0.05) is 6.20 Å². The minimum absolute atomic E-state index is 0.0475. The predicted octanol–water partition coefficient (Wildman–Crippen LogP) is 3.92. The lowest BCUT2D eigenvalue weighted by Crippen LogP contribution is -1.97. The Balaban J connectivity index is 2.26. The van der Waals surface area contributed by atoms with Crippen molar-refractivity contribution in [2.75, 3.05) is 0 Å². The summed E-state index contributed by atoms with van der Waals surface area (Å²) >= 11 is 0. The molecule has 0 fully saturated rings. The molecule has 20 heavy (non-hydrogen) atoms. The van der Waals surface area contributed by atoms with Crippen LogP contribution in [0.5, 0.6) is 0 Å².